The average Bonchev–Trinajstić information content (AvgIpc) is 3.27. The summed E-state index contributed by atoms with van der Waals surface area (Å²) in [6, 6.07) is 26.2. The predicted molar refractivity (Wildman–Crippen MR) is 138 cm³/mol. The number of aromatic hydroxyl groups is 1. The molecule has 5 aromatic rings. The van der Waals surface area contributed by atoms with E-state index in [4.69, 9.17) is 4.74 Å². The minimum absolute atomic E-state index is 0.143. The van der Waals surface area contributed by atoms with Gasteiger partial charge in [0, 0.05) is 23.1 Å². The molecule has 174 valence electrons. The van der Waals surface area contributed by atoms with Crippen molar-refractivity contribution < 1.29 is 9.84 Å². The third-order valence-corrected chi connectivity index (χ3v) is 5.83. The number of pyridine rings is 1. The van der Waals surface area contributed by atoms with Crippen molar-refractivity contribution in [3.05, 3.63) is 112 Å². The second-order valence-corrected chi connectivity index (χ2v) is 8.17. The van der Waals surface area contributed by atoms with Gasteiger partial charge in [0.15, 0.2) is 5.82 Å². The van der Waals surface area contributed by atoms with E-state index in [1.54, 1.807) is 24.1 Å². The zero-order chi connectivity index (χ0) is 24.4. The highest BCUT2D eigenvalue weighted by Crippen LogP contribution is 2.26. The van der Waals surface area contributed by atoms with Crippen LogP contribution in [0.2, 0.25) is 0 Å². The van der Waals surface area contributed by atoms with Gasteiger partial charge in [0.25, 0.3) is 5.56 Å². The van der Waals surface area contributed by atoms with Gasteiger partial charge in [0.1, 0.15) is 5.75 Å². The lowest BCUT2D eigenvalue weighted by atomic mass is 10.1. The molecule has 3 aromatic carbocycles. The molecule has 0 saturated carbocycles. The highest BCUT2D eigenvalue weighted by atomic mass is 16.5. The molecule has 5 rings (SSSR count). The summed E-state index contributed by atoms with van der Waals surface area (Å²) in [6.45, 7) is 2.11. The quantitative estimate of drug-likeness (QED) is 0.358. The average molecular weight is 465 g/mol. The van der Waals surface area contributed by atoms with Crippen molar-refractivity contribution in [3.63, 3.8) is 0 Å². The molecule has 0 bridgehead atoms. The van der Waals surface area contributed by atoms with Crippen LogP contribution in [-0.4, -0.2) is 32.8 Å². The lowest BCUT2D eigenvalue weighted by Gasteiger charge is -2.14. The Morgan fingerprint density at radius 1 is 0.971 bits per heavy atom. The minimum atomic E-state index is -0.267. The molecule has 0 amide bonds. The highest BCUT2D eigenvalue weighted by molar-refractivity contribution is 6.02. The van der Waals surface area contributed by atoms with Gasteiger partial charge in [-0.05, 0) is 42.8 Å². The Balaban J connectivity index is 1.62. The molecule has 0 fully saturated rings. The summed E-state index contributed by atoms with van der Waals surface area (Å²) in [5.41, 5.74) is 2.76. The summed E-state index contributed by atoms with van der Waals surface area (Å²) >= 11 is 0. The largest absolute Gasteiger partial charge is 0.497 e. The van der Waals surface area contributed by atoms with Crippen LogP contribution in [0.3, 0.4) is 0 Å². The van der Waals surface area contributed by atoms with Crippen LogP contribution < -0.4 is 10.3 Å². The van der Waals surface area contributed by atoms with Gasteiger partial charge < -0.3 is 9.84 Å². The number of ether oxygens (including phenoxy) is 1. The van der Waals surface area contributed by atoms with Crippen molar-refractivity contribution in [2.45, 2.75) is 13.5 Å². The van der Waals surface area contributed by atoms with Crippen LogP contribution in [-0.2, 0) is 6.54 Å². The van der Waals surface area contributed by atoms with Crippen LogP contribution in [0.1, 0.15) is 16.8 Å². The second kappa shape index (κ2) is 9.30. The standard InChI is InChI=1S/C28H24N4O3/c1-19-16-26(32(30-19)21-8-4-3-5-9-21)29-17-25-23-10-6-7-11-24(23)27(33)31(28(25)34)18-20-12-14-22(35-2)15-13-20/h3-17,34H,18H2,1-2H3. The van der Waals surface area contributed by atoms with Crippen molar-refractivity contribution in [1.29, 1.82) is 0 Å². The van der Waals surface area contributed by atoms with E-state index < -0.39 is 0 Å². The number of aliphatic imine (C=N–C) groups is 1. The zero-order valence-electron chi connectivity index (χ0n) is 19.4. The summed E-state index contributed by atoms with van der Waals surface area (Å²) in [5.74, 6) is 1.20. The predicted octanol–water partition coefficient (Wildman–Crippen LogP) is 5.01. The summed E-state index contributed by atoms with van der Waals surface area (Å²) in [5, 5.41) is 16.9. The normalized spacial score (nSPS) is 11.4. The molecule has 0 radical (unpaired) electrons. The monoisotopic (exact) mass is 464 g/mol. The Hall–Kier alpha value is -4.65. The van der Waals surface area contributed by atoms with Crippen LogP contribution in [0, 0.1) is 6.92 Å². The molecule has 2 aromatic heterocycles. The Morgan fingerprint density at radius 3 is 2.37 bits per heavy atom. The minimum Gasteiger partial charge on any atom is -0.497 e. The maximum atomic E-state index is 13.3. The van der Waals surface area contributed by atoms with E-state index in [9.17, 15) is 9.90 Å². The third-order valence-electron chi connectivity index (χ3n) is 5.83. The van der Waals surface area contributed by atoms with Crippen molar-refractivity contribution in [2.24, 2.45) is 4.99 Å². The van der Waals surface area contributed by atoms with Crippen molar-refractivity contribution in [1.82, 2.24) is 14.3 Å². The lowest BCUT2D eigenvalue weighted by molar-refractivity contribution is 0.412. The lowest BCUT2D eigenvalue weighted by Crippen LogP contribution is -2.22. The van der Waals surface area contributed by atoms with Crippen LogP contribution in [0.25, 0.3) is 16.5 Å². The Morgan fingerprint density at radius 2 is 1.66 bits per heavy atom. The van der Waals surface area contributed by atoms with Gasteiger partial charge in [0.05, 0.1) is 30.6 Å². The first-order chi connectivity index (χ1) is 17.0. The number of methoxy groups -OCH3 is 1. The smallest absolute Gasteiger partial charge is 0.261 e. The Labute approximate surface area is 202 Å². The molecule has 2 heterocycles. The molecule has 0 saturated heterocycles. The van der Waals surface area contributed by atoms with Crippen molar-refractivity contribution >= 4 is 22.8 Å². The van der Waals surface area contributed by atoms with Crippen LogP contribution in [0.5, 0.6) is 11.6 Å². The first-order valence-electron chi connectivity index (χ1n) is 11.2. The molecule has 0 aliphatic rings. The van der Waals surface area contributed by atoms with Gasteiger partial charge >= 0.3 is 0 Å². The zero-order valence-corrected chi connectivity index (χ0v) is 19.4. The van der Waals surface area contributed by atoms with Crippen LogP contribution in [0.4, 0.5) is 5.82 Å². The van der Waals surface area contributed by atoms with Gasteiger partial charge in [-0.15, -0.1) is 0 Å². The topological polar surface area (TPSA) is 81.6 Å². The van der Waals surface area contributed by atoms with E-state index in [0.717, 1.165) is 22.7 Å². The van der Waals surface area contributed by atoms with E-state index in [2.05, 4.69) is 10.1 Å². The SMILES string of the molecule is COc1ccc(Cn2c(O)c(C=Nc3cc(C)nn3-c3ccccc3)c3ccccc3c2=O)cc1. The molecule has 0 spiro atoms. The van der Waals surface area contributed by atoms with Crippen molar-refractivity contribution in [3.8, 4) is 17.3 Å². The molecular weight excluding hydrogens is 440 g/mol. The Kier molecular flexibility index (Phi) is 5.89. The van der Waals surface area contributed by atoms with Crippen LogP contribution >= 0.6 is 0 Å². The van der Waals surface area contributed by atoms with E-state index in [-0.39, 0.29) is 18.0 Å². The maximum Gasteiger partial charge on any atom is 0.261 e. The molecule has 0 aliphatic heterocycles. The van der Waals surface area contributed by atoms with E-state index in [0.29, 0.717) is 22.2 Å². The van der Waals surface area contributed by atoms with Gasteiger partial charge in [-0.25, -0.2) is 9.67 Å². The maximum absolute atomic E-state index is 13.3. The van der Waals surface area contributed by atoms with Gasteiger partial charge in [0.2, 0.25) is 5.88 Å². The highest BCUT2D eigenvalue weighted by Gasteiger charge is 2.16. The number of aryl methyl sites for hydroxylation is 1. The fourth-order valence-electron chi connectivity index (χ4n) is 4.07. The van der Waals surface area contributed by atoms with Crippen LogP contribution in [0.15, 0.2) is 94.7 Å². The molecule has 7 heteroatoms. The molecule has 7 nitrogen and oxygen atoms in total. The number of benzene rings is 3. The first-order valence-corrected chi connectivity index (χ1v) is 11.2. The van der Waals surface area contributed by atoms with E-state index in [1.165, 1.54) is 4.57 Å². The number of hydrogen-bond acceptors (Lipinski definition) is 5. The number of rotatable bonds is 6. The first kappa shape index (κ1) is 22.2. The van der Waals surface area contributed by atoms with Gasteiger partial charge in [-0.3, -0.25) is 9.36 Å². The number of nitrogens with zero attached hydrogens (tertiary/aromatic N) is 4. The molecule has 35 heavy (non-hydrogen) atoms. The fraction of sp³-hybridized carbons (Fsp3) is 0.107. The summed E-state index contributed by atoms with van der Waals surface area (Å²) in [7, 11) is 1.60. The Bertz CT molecular complexity index is 1580. The molecule has 0 aliphatic carbocycles. The molecule has 0 unspecified atom stereocenters. The fourth-order valence-corrected chi connectivity index (χ4v) is 4.07. The molecule has 0 atom stereocenters. The van der Waals surface area contributed by atoms with Gasteiger partial charge in [-0.1, -0.05) is 48.5 Å². The summed E-state index contributed by atoms with van der Waals surface area (Å²) < 4.78 is 8.33. The number of para-hydroxylation sites is 1. The summed E-state index contributed by atoms with van der Waals surface area (Å²) in [4.78, 5) is 17.9. The third kappa shape index (κ3) is 4.31. The number of fused-ring (bicyclic) bond motifs is 1. The molecular formula is C28H24N4O3. The number of aromatic nitrogens is 3. The van der Waals surface area contributed by atoms with Crippen molar-refractivity contribution in [2.75, 3.05) is 7.11 Å². The number of hydrogen-bond donors (Lipinski definition) is 1. The van der Waals surface area contributed by atoms with Gasteiger partial charge in [-0.2, -0.15) is 5.10 Å². The summed E-state index contributed by atoms with van der Waals surface area (Å²) in [6.07, 6.45) is 1.59. The van der Waals surface area contributed by atoms with E-state index >= 15 is 0 Å². The second-order valence-electron chi connectivity index (χ2n) is 8.17. The van der Waals surface area contributed by atoms with E-state index in [1.807, 2.05) is 85.8 Å². The molecule has 1 N–H and O–H groups in total.